The lowest BCUT2D eigenvalue weighted by molar-refractivity contribution is -0.139. The van der Waals surface area contributed by atoms with E-state index < -0.39 is 11.9 Å². The number of carboxylic acid groups (broad SMARTS) is 1. The van der Waals surface area contributed by atoms with E-state index in [1.807, 2.05) is 30.9 Å². The number of alkyl halides is 2. The molecule has 8 heteroatoms. The molecular formula is C26H29F2N3O3. The summed E-state index contributed by atoms with van der Waals surface area (Å²) in [4.78, 5) is 21.8. The SMILES string of the molecule is CCc1cnc(N(CCc2ccc(OCC(=O)O)c(C)c2)Cc2ccc(C(C)(F)F)cc2)nc1. The topological polar surface area (TPSA) is 75.6 Å². The Morgan fingerprint density at radius 2 is 1.71 bits per heavy atom. The van der Waals surface area contributed by atoms with Crippen LogP contribution in [0.3, 0.4) is 0 Å². The first-order valence-electron chi connectivity index (χ1n) is 11.1. The number of carboxylic acids is 1. The van der Waals surface area contributed by atoms with Crippen LogP contribution in [0, 0.1) is 6.92 Å². The maximum absolute atomic E-state index is 13.6. The van der Waals surface area contributed by atoms with Gasteiger partial charge in [-0.15, -0.1) is 0 Å². The highest BCUT2D eigenvalue weighted by atomic mass is 19.3. The minimum atomic E-state index is -2.88. The molecule has 180 valence electrons. The summed E-state index contributed by atoms with van der Waals surface area (Å²) in [5.41, 5.74) is 3.80. The molecule has 3 rings (SSSR count). The number of aryl methyl sites for hydroxylation is 2. The highest BCUT2D eigenvalue weighted by Gasteiger charge is 2.23. The van der Waals surface area contributed by atoms with Crippen LogP contribution in [0.5, 0.6) is 5.75 Å². The zero-order valence-corrected chi connectivity index (χ0v) is 19.6. The Hall–Kier alpha value is -3.55. The van der Waals surface area contributed by atoms with E-state index in [4.69, 9.17) is 9.84 Å². The third-order valence-electron chi connectivity index (χ3n) is 5.48. The number of aliphatic carboxylic acids is 1. The van der Waals surface area contributed by atoms with Crippen LogP contribution < -0.4 is 9.64 Å². The number of carbonyl (C=O) groups is 1. The summed E-state index contributed by atoms with van der Waals surface area (Å²) in [6.07, 6.45) is 5.12. The van der Waals surface area contributed by atoms with Crippen molar-refractivity contribution in [2.24, 2.45) is 0 Å². The molecule has 0 aliphatic rings. The Morgan fingerprint density at radius 3 is 2.26 bits per heavy atom. The third-order valence-corrected chi connectivity index (χ3v) is 5.48. The fourth-order valence-electron chi connectivity index (χ4n) is 3.50. The van der Waals surface area contributed by atoms with Gasteiger partial charge in [-0.3, -0.25) is 0 Å². The van der Waals surface area contributed by atoms with Gasteiger partial charge < -0.3 is 14.7 Å². The smallest absolute Gasteiger partial charge is 0.341 e. The molecular weight excluding hydrogens is 440 g/mol. The van der Waals surface area contributed by atoms with Crippen LogP contribution in [0.2, 0.25) is 0 Å². The highest BCUT2D eigenvalue weighted by Crippen LogP contribution is 2.27. The summed E-state index contributed by atoms with van der Waals surface area (Å²) in [5.74, 6) is -2.80. The monoisotopic (exact) mass is 469 g/mol. The van der Waals surface area contributed by atoms with Crippen molar-refractivity contribution in [1.82, 2.24) is 9.97 Å². The van der Waals surface area contributed by atoms with E-state index in [-0.39, 0.29) is 12.2 Å². The first kappa shape index (κ1) is 25.1. The van der Waals surface area contributed by atoms with E-state index in [0.717, 1.165) is 35.6 Å². The Balaban J connectivity index is 1.76. The normalized spacial score (nSPS) is 11.3. The first-order valence-corrected chi connectivity index (χ1v) is 11.1. The van der Waals surface area contributed by atoms with Gasteiger partial charge in [0.05, 0.1) is 0 Å². The first-order chi connectivity index (χ1) is 16.2. The van der Waals surface area contributed by atoms with Crippen LogP contribution in [0.4, 0.5) is 14.7 Å². The lowest BCUT2D eigenvalue weighted by Crippen LogP contribution is -2.27. The van der Waals surface area contributed by atoms with Crippen molar-refractivity contribution in [1.29, 1.82) is 0 Å². The number of aromatic nitrogens is 2. The van der Waals surface area contributed by atoms with Gasteiger partial charge in [0.25, 0.3) is 5.92 Å². The van der Waals surface area contributed by atoms with Gasteiger partial charge in [0, 0.05) is 38.0 Å². The molecule has 0 unspecified atom stereocenters. The van der Waals surface area contributed by atoms with E-state index >= 15 is 0 Å². The van der Waals surface area contributed by atoms with Gasteiger partial charge >= 0.3 is 5.97 Å². The van der Waals surface area contributed by atoms with E-state index in [9.17, 15) is 13.6 Å². The van der Waals surface area contributed by atoms with Gasteiger partial charge in [-0.25, -0.2) is 23.5 Å². The quantitative estimate of drug-likeness (QED) is 0.418. The summed E-state index contributed by atoms with van der Waals surface area (Å²) >= 11 is 0. The summed E-state index contributed by atoms with van der Waals surface area (Å²) < 4.78 is 32.4. The molecule has 0 atom stereocenters. The van der Waals surface area contributed by atoms with Gasteiger partial charge in [-0.05, 0) is 48.1 Å². The standard InChI is InChI=1S/C26H29F2N3O3/c1-4-19-14-29-25(30-15-19)31(16-21-5-8-22(9-6-21)26(3,27)28)12-11-20-7-10-23(18(2)13-20)34-17-24(32)33/h5-10,13-15H,4,11-12,16-17H2,1-3H3,(H,32,33). The summed E-state index contributed by atoms with van der Waals surface area (Å²) in [5, 5.41) is 8.80. The van der Waals surface area contributed by atoms with Gasteiger partial charge in [-0.2, -0.15) is 0 Å². The second-order valence-corrected chi connectivity index (χ2v) is 8.28. The van der Waals surface area contributed by atoms with Crippen LogP contribution in [-0.2, 0) is 30.1 Å². The summed E-state index contributed by atoms with van der Waals surface area (Å²) in [7, 11) is 0. The lowest BCUT2D eigenvalue weighted by Gasteiger charge is -2.23. The van der Waals surface area contributed by atoms with Crippen molar-refractivity contribution in [2.75, 3.05) is 18.1 Å². The molecule has 0 saturated heterocycles. The molecule has 0 spiro atoms. The van der Waals surface area contributed by atoms with Crippen molar-refractivity contribution in [3.63, 3.8) is 0 Å². The van der Waals surface area contributed by atoms with E-state index in [0.29, 0.717) is 31.2 Å². The average molecular weight is 470 g/mol. The molecule has 1 N–H and O–H groups in total. The highest BCUT2D eigenvalue weighted by molar-refractivity contribution is 5.68. The Morgan fingerprint density at radius 1 is 1.06 bits per heavy atom. The number of rotatable bonds is 11. The van der Waals surface area contributed by atoms with E-state index in [2.05, 4.69) is 9.97 Å². The fraction of sp³-hybridized carbons (Fsp3) is 0.346. The molecule has 0 radical (unpaired) electrons. The van der Waals surface area contributed by atoms with Crippen molar-refractivity contribution >= 4 is 11.9 Å². The summed E-state index contributed by atoms with van der Waals surface area (Å²) in [6.45, 7) is 5.48. The predicted molar refractivity (Wildman–Crippen MR) is 126 cm³/mol. The van der Waals surface area contributed by atoms with E-state index in [1.165, 1.54) is 12.1 Å². The second kappa shape index (κ2) is 11.0. The molecule has 0 fully saturated rings. The minimum Gasteiger partial charge on any atom is -0.482 e. The van der Waals surface area contributed by atoms with Gasteiger partial charge in [-0.1, -0.05) is 43.3 Å². The fourth-order valence-corrected chi connectivity index (χ4v) is 3.50. The number of nitrogens with zero attached hydrogens (tertiary/aromatic N) is 3. The molecule has 1 aromatic heterocycles. The van der Waals surface area contributed by atoms with Crippen molar-refractivity contribution < 1.29 is 23.4 Å². The van der Waals surface area contributed by atoms with E-state index in [1.54, 1.807) is 30.6 Å². The second-order valence-electron chi connectivity index (χ2n) is 8.28. The molecule has 0 saturated carbocycles. The van der Waals surface area contributed by atoms with Gasteiger partial charge in [0.15, 0.2) is 6.61 Å². The Labute approximate surface area is 198 Å². The molecule has 34 heavy (non-hydrogen) atoms. The van der Waals surface area contributed by atoms with Crippen LogP contribution in [-0.4, -0.2) is 34.2 Å². The van der Waals surface area contributed by atoms with Crippen molar-refractivity contribution in [3.05, 3.63) is 82.7 Å². The Kier molecular flexibility index (Phi) is 8.15. The maximum atomic E-state index is 13.6. The maximum Gasteiger partial charge on any atom is 0.341 e. The van der Waals surface area contributed by atoms with Crippen molar-refractivity contribution in [3.8, 4) is 5.75 Å². The number of hydrogen-bond acceptors (Lipinski definition) is 5. The third kappa shape index (κ3) is 6.97. The van der Waals surface area contributed by atoms with Crippen LogP contribution in [0.15, 0.2) is 54.9 Å². The molecule has 0 aliphatic heterocycles. The minimum absolute atomic E-state index is 0.0213. The number of halogens is 2. The number of ether oxygens (including phenoxy) is 1. The molecule has 0 aliphatic carbocycles. The molecule has 6 nitrogen and oxygen atoms in total. The van der Waals surface area contributed by atoms with Crippen LogP contribution in [0.1, 0.15) is 41.7 Å². The number of benzene rings is 2. The number of hydrogen-bond donors (Lipinski definition) is 1. The zero-order valence-electron chi connectivity index (χ0n) is 19.6. The summed E-state index contributed by atoms with van der Waals surface area (Å²) in [6, 6.07) is 12.0. The van der Waals surface area contributed by atoms with Crippen molar-refractivity contribution in [2.45, 2.75) is 46.1 Å². The molecule has 1 heterocycles. The zero-order chi connectivity index (χ0) is 24.7. The molecule has 2 aromatic carbocycles. The van der Waals surface area contributed by atoms with Gasteiger partial charge in [0.2, 0.25) is 5.95 Å². The largest absolute Gasteiger partial charge is 0.482 e. The molecule has 0 bridgehead atoms. The Bertz CT molecular complexity index is 1100. The van der Waals surface area contributed by atoms with Gasteiger partial charge in [0.1, 0.15) is 5.75 Å². The lowest BCUT2D eigenvalue weighted by atomic mass is 10.1. The van der Waals surface area contributed by atoms with Crippen LogP contribution >= 0.6 is 0 Å². The molecule has 0 amide bonds. The molecule has 3 aromatic rings. The van der Waals surface area contributed by atoms with Crippen LogP contribution in [0.25, 0.3) is 0 Å². The average Bonchev–Trinajstić information content (AvgIpc) is 2.81. The predicted octanol–water partition coefficient (Wildman–Crippen LogP) is 5.17. The number of anilines is 1.